The van der Waals surface area contributed by atoms with Crippen LogP contribution in [0, 0.1) is 6.92 Å². The summed E-state index contributed by atoms with van der Waals surface area (Å²) < 4.78 is 6.92. The summed E-state index contributed by atoms with van der Waals surface area (Å²) >= 11 is 6.39. The second kappa shape index (κ2) is 4.37. The Bertz CT molecular complexity index is 576. The zero-order valence-electron chi connectivity index (χ0n) is 10.4. The number of rotatable bonds is 1. The molecule has 0 saturated heterocycles. The van der Waals surface area contributed by atoms with Gasteiger partial charge in [0.25, 0.3) is 0 Å². The minimum Gasteiger partial charge on any atom is -0.339 e. The van der Waals surface area contributed by atoms with Gasteiger partial charge in [0.15, 0.2) is 5.69 Å². The predicted octanol–water partition coefficient (Wildman–Crippen LogP) is 1.73. The lowest BCUT2D eigenvalue weighted by atomic mass is 10.3. The molecule has 0 fully saturated rings. The van der Waals surface area contributed by atoms with Gasteiger partial charge in [-0.1, -0.05) is 16.8 Å². The van der Waals surface area contributed by atoms with Gasteiger partial charge >= 0.3 is 0 Å². The summed E-state index contributed by atoms with van der Waals surface area (Å²) in [4.78, 5) is 6.41. The predicted molar refractivity (Wildman–Crippen MR) is 66.2 cm³/mol. The third-order valence-electron chi connectivity index (χ3n) is 3.06. The van der Waals surface area contributed by atoms with Crippen molar-refractivity contribution >= 4 is 11.6 Å². The number of nitrogens with zero attached hydrogens (tertiary/aromatic N) is 5. The molecule has 0 bridgehead atoms. The van der Waals surface area contributed by atoms with Gasteiger partial charge in [-0.2, -0.15) is 10.1 Å². The van der Waals surface area contributed by atoms with E-state index in [4.69, 9.17) is 16.1 Å². The summed E-state index contributed by atoms with van der Waals surface area (Å²) in [5.41, 5.74) is 1.63. The van der Waals surface area contributed by atoms with Crippen molar-refractivity contribution in [2.24, 2.45) is 0 Å². The molecule has 0 saturated carbocycles. The molecule has 1 aliphatic heterocycles. The molecule has 2 aromatic heterocycles. The van der Waals surface area contributed by atoms with Gasteiger partial charge in [-0.3, -0.25) is 4.68 Å². The molecule has 96 valence electrons. The SMILES string of the molecule is Cc1nc(-c2nn3c(c2Cl)CN(C)CCC3)no1. The van der Waals surface area contributed by atoms with Crippen molar-refractivity contribution in [2.45, 2.75) is 26.4 Å². The fraction of sp³-hybridized carbons (Fsp3) is 0.545. The number of hydrogen-bond acceptors (Lipinski definition) is 5. The molecular formula is C11H14ClN5O. The molecule has 0 aliphatic carbocycles. The van der Waals surface area contributed by atoms with E-state index in [1.54, 1.807) is 6.92 Å². The Morgan fingerprint density at radius 1 is 1.33 bits per heavy atom. The van der Waals surface area contributed by atoms with Crippen LogP contribution >= 0.6 is 11.6 Å². The molecule has 1 aliphatic rings. The number of fused-ring (bicyclic) bond motifs is 1. The summed E-state index contributed by atoms with van der Waals surface area (Å²) in [6, 6.07) is 0. The second-order valence-corrected chi connectivity index (χ2v) is 4.94. The van der Waals surface area contributed by atoms with E-state index in [0.29, 0.717) is 22.4 Å². The van der Waals surface area contributed by atoms with Crippen LogP contribution in [0.1, 0.15) is 18.0 Å². The van der Waals surface area contributed by atoms with Gasteiger partial charge in [0, 0.05) is 26.6 Å². The van der Waals surface area contributed by atoms with Crippen molar-refractivity contribution in [3.8, 4) is 11.5 Å². The Balaban J connectivity index is 2.06. The van der Waals surface area contributed by atoms with Crippen molar-refractivity contribution in [3.05, 3.63) is 16.6 Å². The Hall–Kier alpha value is -1.40. The number of aromatic nitrogens is 4. The summed E-state index contributed by atoms with van der Waals surface area (Å²) in [7, 11) is 2.08. The monoisotopic (exact) mass is 267 g/mol. The van der Waals surface area contributed by atoms with Gasteiger partial charge in [-0.25, -0.2) is 0 Å². The topological polar surface area (TPSA) is 60.0 Å². The average molecular weight is 268 g/mol. The molecule has 0 unspecified atom stereocenters. The lowest BCUT2D eigenvalue weighted by molar-refractivity contribution is 0.332. The first-order valence-electron chi connectivity index (χ1n) is 5.89. The zero-order valence-corrected chi connectivity index (χ0v) is 11.1. The fourth-order valence-electron chi connectivity index (χ4n) is 2.17. The highest BCUT2D eigenvalue weighted by Gasteiger charge is 2.23. The van der Waals surface area contributed by atoms with Gasteiger partial charge in [0.1, 0.15) is 0 Å². The lowest BCUT2D eigenvalue weighted by Crippen LogP contribution is -2.17. The standard InChI is InChI=1S/C11H14ClN5O/c1-7-13-11(15-18-7)10-9(12)8-6-16(2)4-3-5-17(8)14-10/h3-6H2,1-2H3. The molecule has 18 heavy (non-hydrogen) atoms. The van der Waals surface area contributed by atoms with Gasteiger partial charge in [0.05, 0.1) is 10.7 Å². The highest BCUT2D eigenvalue weighted by Crippen LogP contribution is 2.30. The van der Waals surface area contributed by atoms with E-state index in [2.05, 4.69) is 27.2 Å². The van der Waals surface area contributed by atoms with E-state index in [0.717, 1.165) is 31.7 Å². The van der Waals surface area contributed by atoms with E-state index >= 15 is 0 Å². The Kier molecular flexibility index (Phi) is 2.83. The summed E-state index contributed by atoms with van der Waals surface area (Å²) in [5, 5.41) is 9.00. The summed E-state index contributed by atoms with van der Waals surface area (Å²) in [5.74, 6) is 0.974. The quantitative estimate of drug-likeness (QED) is 0.787. The maximum absolute atomic E-state index is 6.39. The van der Waals surface area contributed by atoms with Gasteiger partial charge in [-0.05, 0) is 13.5 Å². The van der Waals surface area contributed by atoms with E-state index in [1.165, 1.54) is 0 Å². The Morgan fingerprint density at radius 3 is 2.89 bits per heavy atom. The van der Waals surface area contributed by atoms with Crippen molar-refractivity contribution in [2.75, 3.05) is 13.6 Å². The van der Waals surface area contributed by atoms with E-state index in [9.17, 15) is 0 Å². The molecule has 0 radical (unpaired) electrons. The van der Waals surface area contributed by atoms with Crippen LogP contribution in [-0.2, 0) is 13.1 Å². The molecule has 3 heterocycles. The number of halogens is 1. The minimum absolute atomic E-state index is 0.459. The van der Waals surface area contributed by atoms with Crippen LogP contribution in [0.15, 0.2) is 4.52 Å². The van der Waals surface area contributed by atoms with Crippen LogP contribution in [0.4, 0.5) is 0 Å². The van der Waals surface area contributed by atoms with E-state index in [1.807, 2.05) is 4.68 Å². The van der Waals surface area contributed by atoms with Crippen LogP contribution < -0.4 is 0 Å². The van der Waals surface area contributed by atoms with Crippen molar-refractivity contribution < 1.29 is 4.52 Å². The molecule has 2 aromatic rings. The van der Waals surface area contributed by atoms with Crippen molar-refractivity contribution in [3.63, 3.8) is 0 Å². The first-order valence-corrected chi connectivity index (χ1v) is 6.27. The van der Waals surface area contributed by atoms with Crippen LogP contribution in [0.25, 0.3) is 11.5 Å². The zero-order chi connectivity index (χ0) is 12.7. The van der Waals surface area contributed by atoms with Crippen molar-refractivity contribution in [1.29, 1.82) is 0 Å². The normalized spacial score (nSPS) is 16.6. The van der Waals surface area contributed by atoms with Gasteiger partial charge in [-0.15, -0.1) is 0 Å². The lowest BCUT2D eigenvalue weighted by Gasteiger charge is -2.11. The molecule has 3 rings (SSSR count). The van der Waals surface area contributed by atoms with Crippen LogP contribution in [0.5, 0.6) is 0 Å². The third-order valence-corrected chi connectivity index (χ3v) is 3.46. The van der Waals surface area contributed by atoms with Crippen LogP contribution in [0.2, 0.25) is 5.02 Å². The summed E-state index contributed by atoms with van der Waals surface area (Å²) in [6.45, 7) is 4.47. The minimum atomic E-state index is 0.459. The Morgan fingerprint density at radius 2 is 2.17 bits per heavy atom. The smallest absolute Gasteiger partial charge is 0.224 e. The number of aryl methyl sites for hydroxylation is 2. The highest BCUT2D eigenvalue weighted by molar-refractivity contribution is 6.33. The van der Waals surface area contributed by atoms with Crippen LogP contribution in [0.3, 0.4) is 0 Å². The average Bonchev–Trinajstić information content (AvgIpc) is 2.81. The highest BCUT2D eigenvalue weighted by atomic mass is 35.5. The van der Waals surface area contributed by atoms with Crippen molar-refractivity contribution in [1.82, 2.24) is 24.8 Å². The molecular weight excluding hydrogens is 254 g/mol. The second-order valence-electron chi connectivity index (χ2n) is 4.56. The molecule has 0 N–H and O–H groups in total. The molecule has 7 heteroatoms. The largest absolute Gasteiger partial charge is 0.339 e. The summed E-state index contributed by atoms with van der Waals surface area (Å²) in [6.07, 6.45) is 1.06. The maximum Gasteiger partial charge on any atom is 0.224 e. The molecule has 0 spiro atoms. The van der Waals surface area contributed by atoms with E-state index in [-0.39, 0.29) is 0 Å². The van der Waals surface area contributed by atoms with Gasteiger partial charge in [0.2, 0.25) is 11.7 Å². The molecule has 0 amide bonds. The first-order chi connectivity index (χ1) is 8.65. The molecule has 0 aromatic carbocycles. The fourth-order valence-corrected chi connectivity index (χ4v) is 2.45. The van der Waals surface area contributed by atoms with E-state index < -0.39 is 0 Å². The number of hydrogen-bond donors (Lipinski definition) is 0. The van der Waals surface area contributed by atoms with Crippen LogP contribution in [-0.4, -0.2) is 38.4 Å². The molecule has 6 nitrogen and oxygen atoms in total. The third kappa shape index (κ3) is 1.91. The Labute approximate surface area is 110 Å². The first kappa shape index (κ1) is 11.7. The maximum atomic E-state index is 6.39. The van der Waals surface area contributed by atoms with Gasteiger partial charge < -0.3 is 9.42 Å². The molecule has 0 atom stereocenters.